The van der Waals surface area contributed by atoms with Gasteiger partial charge in [0.05, 0.1) is 27.4 Å². The molecule has 9 rings (SSSR count). The SMILES string of the molecule is Cc1ccc(-c2cccc(C(=O)O)c2)cc1Nc1ccccc1.Cc1ccc(Br)cc1Nc1ccccc1.O=C(O)c1cccc(-c2ccc(Cl)c(Nc3ccccc3)c2)c1.O=C(O)c1cccc(O[B]O)c1. The highest BCUT2D eigenvalue weighted by molar-refractivity contribution is 9.10. The Kier molecular flexibility index (Phi) is 20.0. The Morgan fingerprint density at radius 1 is 0.438 bits per heavy atom. The number of para-hydroxylation sites is 3. The van der Waals surface area contributed by atoms with E-state index in [1.165, 1.54) is 23.8 Å². The lowest BCUT2D eigenvalue weighted by molar-refractivity contribution is 0.0686. The van der Waals surface area contributed by atoms with Crippen LogP contribution in [-0.4, -0.2) is 45.9 Å². The average molecular weight is 1050 g/mol. The number of anilines is 6. The van der Waals surface area contributed by atoms with Crippen LogP contribution in [0.15, 0.2) is 223 Å². The molecule has 0 bridgehead atoms. The zero-order valence-electron chi connectivity index (χ0n) is 39.5. The minimum Gasteiger partial charge on any atom is -0.537 e. The van der Waals surface area contributed by atoms with Crippen LogP contribution in [0, 0.1) is 13.8 Å². The maximum atomic E-state index is 11.1. The number of halogens is 2. The highest BCUT2D eigenvalue weighted by Gasteiger charge is 2.10. The third-order valence-electron chi connectivity index (χ3n) is 10.7. The van der Waals surface area contributed by atoms with Crippen LogP contribution in [0.2, 0.25) is 5.02 Å². The van der Waals surface area contributed by atoms with Crippen molar-refractivity contribution < 1.29 is 39.4 Å². The molecule has 365 valence electrons. The summed E-state index contributed by atoms with van der Waals surface area (Å²) in [6.45, 7) is 4.14. The van der Waals surface area contributed by atoms with E-state index in [1.54, 1.807) is 48.5 Å². The van der Waals surface area contributed by atoms with Gasteiger partial charge in [0.15, 0.2) is 0 Å². The van der Waals surface area contributed by atoms with E-state index in [1.807, 2.05) is 134 Å². The minimum absolute atomic E-state index is 0.120. The third kappa shape index (κ3) is 16.8. The second-order valence-corrected chi connectivity index (χ2v) is 17.3. The van der Waals surface area contributed by atoms with E-state index < -0.39 is 17.9 Å². The molecule has 0 aliphatic heterocycles. The number of hydrogen-bond acceptors (Lipinski definition) is 8. The van der Waals surface area contributed by atoms with Gasteiger partial charge in [0, 0.05) is 32.9 Å². The number of carbonyl (C=O) groups is 3. The zero-order chi connectivity index (χ0) is 52.1. The average Bonchev–Trinajstić information content (AvgIpc) is 3.40. The van der Waals surface area contributed by atoms with Gasteiger partial charge in [-0.2, -0.15) is 0 Å². The van der Waals surface area contributed by atoms with E-state index in [9.17, 15) is 14.4 Å². The maximum Gasteiger partial charge on any atom is 0.569 e. The predicted molar refractivity (Wildman–Crippen MR) is 297 cm³/mol. The standard InChI is InChI=1S/C20H17NO2.C19H14ClNO2.C13H12BrN.C7H6BO4/c1-14-10-11-16(15-6-5-7-17(12-15)20(22)23)13-19(14)21-18-8-3-2-4-9-18;20-17-10-9-14(13-5-4-6-15(11-13)19(22)23)12-18(17)21-16-7-2-1-3-8-16;1-10-7-8-11(14)9-13(10)15-12-5-3-2-4-6-12;9-7(10)5-2-1-3-6(4-5)12-8-11/h2-13,21H,1H3,(H,22,23);1-12,21H,(H,22,23);2-9,15H,1H3;1-4,11H,(H,9,10). The number of carboxylic acid groups (broad SMARTS) is 3. The molecule has 0 unspecified atom stereocenters. The molecule has 0 aliphatic carbocycles. The molecule has 11 nitrogen and oxygen atoms in total. The number of hydrogen-bond donors (Lipinski definition) is 7. The van der Waals surface area contributed by atoms with Crippen molar-refractivity contribution >= 4 is 87.2 Å². The van der Waals surface area contributed by atoms with Gasteiger partial charge in [-0.25, -0.2) is 14.4 Å². The Bertz CT molecular complexity index is 3130. The van der Waals surface area contributed by atoms with Crippen LogP contribution in [0.3, 0.4) is 0 Å². The Labute approximate surface area is 437 Å². The summed E-state index contributed by atoms with van der Waals surface area (Å²) in [7, 11) is 0.501. The molecule has 0 saturated heterocycles. The molecule has 73 heavy (non-hydrogen) atoms. The van der Waals surface area contributed by atoms with Crippen molar-refractivity contribution in [3.8, 4) is 28.0 Å². The lowest BCUT2D eigenvalue weighted by Crippen LogP contribution is -2.01. The Hall–Kier alpha value is -8.62. The van der Waals surface area contributed by atoms with Gasteiger partial charge in [-0.1, -0.05) is 137 Å². The molecule has 0 spiro atoms. The van der Waals surface area contributed by atoms with E-state index in [-0.39, 0.29) is 16.9 Å². The van der Waals surface area contributed by atoms with E-state index >= 15 is 0 Å². The van der Waals surface area contributed by atoms with E-state index in [4.69, 9.17) is 31.9 Å². The molecule has 7 N–H and O–H groups in total. The normalized spacial score (nSPS) is 10.0. The number of benzene rings is 9. The van der Waals surface area contributed by atoms with Crippen LogP contribution in [0.1, 0.15) is 42.2 Å². The minimum atomic E-state index is -1.03. The first-order chi connectivity index (χ1) is 35.3. The molecule has 0 saturated carbocycles. The first-order valence-corrected chi connectivity index (χ1v) is 23.7. The number of nitrogens with one attached hydrogen (secondary N) is 3. The van der Waals surface area contributed by atoms with Crippen LogP contribution in [0.4, 0.5) is 34.1 Å². The predicted octanol–water partition coefficient (Wildman–Crippen LogP) is 15.3. The van der Waals surface area contributed by atoms with Crippen LogP contribution >= 0.6 is 27.5 Å². The Morgan fingerprint density at radius 3 is 1.29 bits per heavy atom. The molecule has 0 aliphatic rings. The van der Waals surface area contributed by atoms with E-state index in [0.717, 1.165) is 66.4 Å². The topological polar surface area (TPSA) is 177 Å². The summed E-state index contributed by atoms with van der Waals surface area (Å²) in [5.41, 5.74) is 12.6. The fraction of sp³-hybridized carbons (Fsp3) is 0.0339. The lowest BCUT2D eigenvalue weighted by atomic mass is 10.0. The van der Waals surface area contributed by atoms with Crippen molar-refractivity contribution in [2.45, 2.75) is 13.8 Å². The highest BCUT2D eigenvalue weighted by Crippen LogP contribution is 2.32. The van der Waals surface area contributed by atoms with Crippen LogP contribution in [-0.2, 0) is 0 Å². The molecule has 14 heteroatoms. The first kappa shape index (κ1) is 53.7. The van der Waals surface area contributed by atoms with Crippen molar-refractivity contribution in [2.24, 2.45) is 0 Å². The van der Waals surface area contributed by atoms with Crippen molar-refractivity contribution in [1.29, 1.82) is 0 Å². The Morgan fingerprint density at radius 2 is 0.822 bits per heavy atom. The molecule has 0 atom stereocenters. The molecule has 1 radical (unpaired) electrons. The smallest absolute Gasteiger partial charge is 0.537 e. The number of aromatic carboxylic acids is 3. The lowest BCUT2D eigenvalue weighted by Gasteiger charge is -2.12. The third-order valence-corrected chi connectivity index (χ3v) is 11.5. The maximum absolute atomic E-state index is 11.1. The summed E-state index contributed by atoms with van der Waals surface area (Å²) in [4.78, 5) is 32.7. The number of aryl methyl sites for hydroxylation is 2. The van der Waals surface area contributed by atoms with Gasteiger partial charge >= 0.3 is 25.6 Å². The number of carboxylic acids is 3. The fourth-order valence-corrected chi connectivity index (χ4v) is 7.45. The fourth-order valence-electron chi connectivity index (χ4n) is 6.92. The quantitative estimate of drug-likeness (QED) is 0.0547. The van der Waals surface area contributed by atoms with Crippen molar-refractivity contribution in [1.82, 2.24) is 0 Å². The van der Waals surface area contributed by atoms with Gasteiger partial charge in [-0.05, 0) is 156 Å². The molecule has 9 aromatic rings. The van der Waals surface area contributed by atoms with Crippen LogP contribution in [0.25, 0.3) is 22.3 Å². The van der Waals surface area contributed by atoms with Gasteiger partial charge in [0.25, 0.3) is 0 Å². The second kappa shape index (κ2) is 27.1. The summed E-state index contributed by atoms with van der Waals surface area (Å²) < 4.78 is 5.65. The van der Waals surface area contributed by atoms with Crippen LogP contribution in [0.5, 0.6) is 5.75 Å². The summed E-state index contributed by atoms with van der Waals surface area (Å²) in [5, 5.41) is 45.7. The first-order valence-electron chi connectivity index (χ1n) is 22.5. The van der Waals surface area contributed by atoms with Crippen LogP contribution < -0.4 is 20.6 Å². The monoisotopic (exact) mass is 1050 g/mol. The molecule has 0 heterocycles. The van der Waals surface area contributed by atoms with Gasteiger partial charge in [-0.15, -0.1) is 0 Å². The molecule has 0 amide bonds. The summed E-state index contributed by atoms with van der Waals surface area (Å²) in [6.07, 6.45) is 0. The highest BCUT2D eigenvalue weighted by atomic mass is 79.9. The van der Waals surface area contributed by atoms with Gasteiger partial charge < -0.3 is 40.9 Å². The summed E-state index contributed by atoms with van der Waals surface area (Å²) in [5.74, 6) is -2.60. The van der Waals surface area contributed by atoms with Gasteiger partial charge in [0.2, 0.25) is 0 Å². The largest absolute Gasteiger partial charge is 0.569 e. The Balaban J connectivity index is 0.000000164. The second-order valence-electron chi connectivity index (χ2n) is 16.0. The molecular weight excluding hydrogens is 1000 g/mol. The van der Waals surface area contributed by atoms with E-state index in [2.05, 4.69) is 67.7 Å². The summed E-state index contributed by atoms with van der Waals surface area (Å²) >= 11 is 9.73. The van der Waals surface area contributed by atoms with Crippen molar-refractivity contribution in [2.75, 3.05) is 16.0 Å². The molecule has 0 fully saturated rings. The summed E-state index contributed by atoms with van der Waals surface area (Å²) in [6, 6.07) is 67.4. The number of rotatable bonds is 13. The van der Waals surface area contributed by atoms with E-state index in [0.29, 0.717) is 18.3 Å². The van der Waals surface area contributed by atoms with Gasteiger partial charge in [0.1, 0.15) is 5.75 Å². The molecular formula is C59H49BBrClN3O8. The molecule has 9 aromatic carbocycles. The van der Waals surface area contributed by atoms with Gasteiger partial charge in [-0.3, -0.25) is 0 Å². The molecule has 0 aromatic heterocycles. The van der Waals surface area contributed by atoms with Crippen molar-refractivity contribution in [3.05, 3.63) is 256 Å². The van der Waals surface area contributed by atoms with Crippen molar-refractivity contribution in [3.63, 3.8) is 0 Å². The zero-order valence-corrected chi connectivity index (χ0v) is 41.9.